The lowest BCUT2D eigenvalue weighted by Crippen LogP contribution is -2.39. The average molecular weight is 420 g/mol. The fraction of sp³-hybridized carbons (Fsp3) is 0.462. The van der Waals surface area contributed by atoms with Crippen molar-refractivity contribution in [2.45, 2.75) is 18.7 Å². The van der Waals surface area contributed by atoms with Crippen LogP contribution >= 0.6 is 35.7 Å². The number of halogens is 1. The van der Waals surface area contributed by atoms with Crippen molar-refractivity contribution >= 4 is 47.3 Å². The number of fused-ring (bicyclic) bond motifs is 1. The number of thioether (sulfide) groups is 1. The van der Waals surface area contributed by atoms with Gasteiger partial charge in [0.05, 0.1) is 6.54 Å². The molecule has 0 saturated carbocycles. The van der Waals surface area contributed by atoms with Gasteiger partial charge in [-0.2, -0.15) is 11.8 Å². The normalized spacial score (nSPS) is 12.8. The first kappa shape index (κ1) is 18.0. The fourth-order valence-corrected chi connectivity index (χ4v) is 1.97. The predicted octanol–water partition coefficient (Wildman–Crippen LogP) is 1.76. The minimum atomic E-state index is 0. The summed E-state index contributed by atoms with van der Waals surface area (Å²) in [7, 11) is 1.76. The van der Waals surface area contributed by atoms with Gasteiger partial charge in [0.1, 0.15) is 0 Å². The fourth-order valence-electron chi connectivity index (χ4n) is 1.72. The second kappa shape index (κ2) is 9.08. The van der Waals surface area contributed by atoms with Crippen LogP contribution in [-0.4, -0.2) is 45.7 Å². The van der Waals surface area contributed by atoms with E-state index in [0.717, 1.165) is 24.0 Å². The molecule has 1 unspecified atom stereocenters. The third-order valence-electron chi connectivity index (χ3n) is 2.98. The van der Waals surface area contributed by atoms with Crippen molar-refractivity contribution in [3.05, 3.63) is 30.2 Å². The summed E-state index contributed by atoms with van der Waals surface area (Å²) in [5.74, 6) is 1.64. The Balaban J connectivity index is 0.00000220. The number of rotatable bonds is 5. The minimum absolute atomic E-state index is 0. The van der Waals surface area contributed by atoms with E-state index in [0.29, 0.717) is 11.8 Å². The number of nitrogens with one attached hydrogen (secondary N) is 2. The van der Waals surface area contributed by atoms with Gasteiger partial charge in [0.25, 0.3) is 0 Å². The monoisotopic (exact) mass is 420 g/mol. The molecule has 2 rings (SSSR count). The number of aliphatic imine (C=N–C) groups is 1. The second-order valence-electron chi connectivity index (χ2n) is 4.40. The SMILES string of the molecule is CN=C(NCc1nnc2ccccn12)NCC(C)SC.I. The molecule has 2 heterocycles. The third kappa shape index (κ3) is 5.03. The average Bonchev–Trinajstić information content (AvgIpc) is 2.90. The predicted molar refractivity (Wildman–Crippen MR) is 99.6 cm³/mol. The van der Waals surface area contributed by atoms with Crippen molar-refractivity contribution in [2.24, 2.45) is 4.99 Å². The number of hydrogen-bond acceptors (Lipinski definition) is 4. The Morgan fingerprint density at radius 3 is 2.90 bits per heavy atom. The van der Waals surface area contributed by atoms with E-state index >= 15 is 0 Å². The Kier molecular flexibility index (Phi) is 7.79. The molecule has 2 aromatic rings. The third-order valence-corrected chi connectivity index (χ3v) is 3.95. The molecule has 116 valence electrons. The van der Waals surface area contributed by atoms with Crippen molar-refractivity contribution in [2.75, 3.05) is 19.8 Å². The van der Waals surface area contributed by atoms with Gasteiger partial charge in [0, 0.05) is 25.0 Å². The van der Waals surface area contributed by atoms with Crippen LogP contribution in [0.1, 0.15) is 12.7 Å². The van der Waals surface area contributed by atoms with Crippen molar-refractivity contribution in [1.29, 1.82) is 0 Å². The number of guanidine groups is 1. The molecule has 0 aliphatic heterocycles. The molecule has 0 amide bonds. The van der Waals surface area contributed by atoms with Crippen LogP contribution in [0.3, 0.4) is 0 Å². The maximum absolute atomic E-state index is 4.20. The van der Waals surface area contributed by atoms with E-state index in [1.807, 2.05) is 40.6 Å². The Labute approximate surface area is 146 Å². The Hall–Kier alpha value is -1.03. The number of pyridine rings is 1. The highest BCUT2D eigenvalue weighted by Gasteiger charge is 2.06. The lowest BCUT2D eigenvalue weighted by Gasteiger charge is -2.14. The molecule has 0 spiro atoms. The summed E-state index contributed by atoms with van der Waals surface area (Å²) in [5.41, 5.74) is 0.850. The van der Waals surface area contributed by atoms with Gasteiger partial charge in [-0.25, -0.2) is 0 Å². The Morgan fingerprint density at radius 2 is 2.19 bits per heavy atom. The van der Waals surface area contributed by atoms with Crippen molar-refractivity contribution < 1.29 is 0 Å². The van der Waals surface area contributed by atoms with E-state index in [1.165, 1.54) is 0 Å². The standard InChI is InChI=1S/C13H20N6S.HI/c1-10(20-3)8-15-13(14-2)16-9-12-18-17-11-6-4-5-7-19(11)12;/h4-7,10H,8-9H2,1-3H3,(H2,14,15,16);1H. The van der Waals surface area contributed by atoms with Crippen LogP contribution in [0.4, 0.5) is 0 Å². The molecule has 0 bridgehead atoms. The van der Waals surface area contributed by atoms with Gasteiger partial charge in [-0.15, -0.1) is 34.2 Å². The van der Waals surface area contributed by atoms with E-state index in [4.69, 9.17) is 0 Å². The number of hydrogen-bond donors (Lipinski definition) is 2. The summed E-state index contributed by atoms with van der Waals surface area (Å²) in [6.45, 7) is 3.64. The zero-order valence-corrected chi connectivity index (χ0v) is 15.6. The molecule has 0 aliphatic rings. The highest BCUT2D eigenvalue weighted by Crippen LogP contribution is 2.03. The smallest absolute Gasteiger partial charge is 0.191 e. The number of nitrogens with zero attached hydrogens (tertiary/aromatic N) is 4. The Morgan fingerprint density at radius 1 is 1.38 bits per heavy atom. The molecular formula is C13H21IN6S. The highest BCUT2D eigenvalue weighted by atomic mass is 127. The molecule has 0 aliphatic carbocycles. The minimum Gasteiger partial charge on any atom is -0.355 e. The van der Waals surface area contributed by atoms with Crippen LogP contribution in [0, 0.1) is 0 Å². The van der Waals surface area contributed by atoms with Gasteiger partial charge < -0.3 is 10.6 Å². The van der Waals surface area contributed by atoms with Crippen LogP contribution in [0.15, 0.2) is 29.4 Å². The van der Waals surface area contributed by atoms with E-state index in [9.17, 15) is 0 Å². The first-order chi connectivity index (χ1) is 9.74. The summed E-state index contributed by atoms with van der Waals surface area (Å²) in [5, 5.41) is 15.4. The lowest BCUT2D eigenvalue weighted by atomic mass is 10.4. The molecule has 21 heavy (non-hydrogen) atoms. The van der Waals surface area contributed by atoms with Crippen LogP contribution in [-0.2, 0) is 6.54 Å². The largest absolute Gasteiger partial charge is 0.355 e. The molecule has 0 radical (unpaired) electrons. The molecule has 6 nitrogen and oxygen atoms in total. The summed E-state index contributed by atoms with van der Waals surface area (Å²) in [6.07, 6.45) is 4.06. The summed E-state index contributed by atoms with van der Waals surface area (Å²) in [4.78, 5) is 4.20. The second-order valence-corrected chi connectivity index (χ2v) is 5.67. The summed E-state index contributed by atoms with van der Waals surface area (Å²) >= 11 is 1.82. The maximum Gasteiger partial charge on any atom is 0.191 e. The lowest BCUT2D eigenvalue weighted by molar-refractivity contribution is 0.756. The van der Waals surface area contributed by atoms with E-state index in [-0.39, 0.29) is 24.0 Å². The van der Waals surface area contributed by atoms with Crippen LogP contribution in [0.2, 0.25) is 0 Å². The zero-order chi connectivity index (χ0) is 14.4. The summed E-state index contributed by atoms with van der Waals surface area (Å²) in [6, 6.07) is 5.85. The van der Waals surface area contributed by atoms with Crippen molar-refractivity contribution in [3.8, 4) is 0 Å². The molecular weight excluding hydrogens is 399 g/mol. The first-order valence-electron chi connectivity index (χ1n) is 6.50. The molecule has 2 N–H and O–H groups in total. The van der Waals surface area contributed by atoms with Crippen LogP contribution in [0.25, 0.3) is 5.65 Å². The Bertz CT molecular complexity index is 585. The first-order valence-corrected chi connectivity index (χ1v) is 7.79. The van der Waals surface area contributed by atoms with Gasteiger partial charge in [-0.3, -0.25) is 9.39 Å². The molecule has 2 aromatic heterocycles. The van der Waals surface area contributed by atoms with Gasteiger partial charge in [-0.05, 0) is 18.4 Å². The molecule has 0 fully saturated rings. The van der Waals surface area contributed by atoms with Gasteiger partial charge in [0.2, 0.25) is 0 Å². The van der Waals surface area contributed by atoms with Crippen molar-refractivity contribution in [3.63, 3.8) is 0 Å². The van der Waals surface area contributed by atoms with Crippen LogP contribution < -0.4 is 10.6 Å². The van der Waals surface area contributed by atoms with Crippen molar-refractivity contribution in [1.82, 2.24) is 25.2 Å². The molecule has 8 heteroatoms. The zero-order valence-electron chi connectivity index (χ0n) is 12.4. The van der Waals surface area contributed by atoms with Crippen LogP contribution in [0.5, 0.6) is 0 Å². The number of aromatic nitrogens is 3. The molecule has 0 saturated heterocycles. The maximum atomic E-state index is 4.20. The van der Waals surface area contributed by atoms with E-state index in [2.05, 4.69) is 39.0 Å². The van der Waals surface area contributed by atoms with E-state index < -0.39 is 0 Å². The van der Waals surface area contributed by atoms with E-state index in [1.54, 1.807) is 7.05 Å². The molecule has 1 atom stereocenters. The quantitative estimate of drug-likeness (QED) is 0.439. The van der Waals surface area contributed by atoms with Gasteiger partial charge in [-0.1, -0.05) is 13.0 Å². The molecule has 0 aromatic carbocycles. The van der Waals surface area contributed by atoms with Gasteiger partial charge >= 0.3 is 0 Å². The van der Waals surface area contributed by atoms with Gasteiger partial charge in [0.15, 0.2) is 17.4 Å². The highest BCUT2D eigenvalue weighted by molar-refractivity contribution is 14.0. The topological polar surface area (TPSA) is 66.6 Å². The summed E-state index contributed by atoms with van der Waals surface area (Å²) < 4.78 is 1.96.